The van der Waals surface area contributed by atoms with E-state index in [-0.39, 0.29) is 12.1 Å². The lowest BCUT2D eigenvalue weighted by atomic mass is 10.1. The number of nitrogens with zero attached hydrogens (tertiary/aromatic N) is 2. The molecule has 0 radical (unpaired) electrons. The summed E-state index contributed by atoms with van der Waals surface area (Å²) < 4.78 is 9.15. The van der Waals surface area contributed by atoms with Crippen LogP contribution in [0.2, 0.25) is 0 Å². The largest absolute Gasteiger partial charge is 0.370 e. The quantitative estimate of drug-likeness (QED) is 0.863. The van der Waals surface area contributed by atoms with E-state index in [1.807, 2.05) is 11.6 Å². The molecule has 0 aliphatic heterocycles. The Kier molecular flexibility index (Phi) is 5.42. The Hall–Kier alpha value is -0.390. The van der Waals surface area contributed by atoms with E-state index in [1.54, 1.807) is 0 Å². The summed E-state index contributed by atoms with van der Waals surface area (Å²) in [6.07, 6.45) is 6.09. The van der Waals surface area contributed by atoms with Crippen LogP contribution in [0.1, 0.15) is 50.4 Å². The molecule has 1 heterocycles. The van der Waals surface area contributed by atoms with Crippen molar-refractivity contribution in [2.45, 2.75) is 71.2 Å². The number of aromatic nitrogens is 2. The summed E-state index contributed by atoms with van der Waals surface area (Å²) in [5.74, 6) is 0. The van der Waals surface area contributed by atoms with Crippen molar-refractivity contribution >= 4 is 15.9 Å². The van der Waals surface area contributed by atoms with Gasteiger partial charge in [0.1, 0.15) is 0 Å². The van der Waals surface area contributed by atoms with Gasteiger partial charge >= 0.3 is 0 Å². The maximum Gasteiger partial charge on any atom is 0.0900 e. The van der Waals surface area contributed by atoms with Gasteiger partial charge in [-0.15, -0.1) is 0 Å². The molecule has 0 spiro atoms. The van der Waals surface area contributed by atoms with Crippen molar-refractivity contribution in [2.75, 3.05) is 0 Å². The van der Waals surface area contributed by atoms with Gasteiger partial charge in [-0.05, 0) is 42.6 Å². The molecule has 2 N–H and O–H groups in total. The number of nitrogens with two attached hydrogens (primary N) is 1. The Bertz CT molecular complexity index is 419. The normalized spacial score (nSPS) is 24.4. The first-order chi connectivity index (χ1) is 9.13. The van der Waals surface area contributed by atoms with E-state index in [2.05, 4.69) is 28.0 Å². The lowest BCUT2D eigenvalue weighted by Gasteiger charge is -2.22. The molecule has 19 heavy (non-hydrogen) atoms. The molecule has 0 bridgehead atoms. The van der Waals surface area contributed by atoms with E-state index in [9.17, 15) is 0 Å². The van der Waals surface area contributed by atoms with Crippen LogP contribution in [0, 0.1) is 6.92 Å². The third-order valence-electron chi connectivity index (χ3n) is 3.89. The fourth-order valence-electron chi connectivity index (χ4n) is 2.70. The Labute approximate surface area is 123 Å². The van der Waals surface area contributed by atoms with E-state index >= 15 is 0 Å². The summed E-state index contributed by atoms with van der Waals surface area (Å²) in [5.41, 5.74) is 8.34. The van der Waals surface area contributed by atoms with Crippen LogP contribution in [-0.2, 0) is 17.9 Å². The fraction of sp³-hybridized carbons (Fsp3) is 0.786. The van der Waals surface area contributed by atoms with E-state index in [0.717, 1.165) is 35.2 Å². The van der Waals surface area contributed by atoms with Crippen molar-refractivity contribution in [3.8, 4) is 0 Å². The minimum Gasteiger partial charge on any atom is -0.370 e. The maximum atomic E-state index is 6.20. The average molecular weight is 330 g/mol. The Morgan fingerprint density at radius 1 is 1.37 bits per heavy atom. The SMILES string of the molecule is CCn1nc(C)c(Br)c1COC1CCCCCC1N. The lowest BCUT2D eigenvalue weighted by Crippen LogP contribution is -2.35. The molecule has 1 saturated carbocycles. The van der Waals surface area contributed by atoms with Gasteiger partial charge in [0.2, 0.25) is 0 Å². The van der Waals surface area contributed by atoms with Gasteiger partial charge in [-0.25, -0.2) is 0 Å². The Morgan fingerprint density at radius 2 is 2.11 bits per heavy atom. The number of rotatable bonds is 4. The first-order valence-electron chi connectivity index (χ1n) is 7.22. The van der Waals surface area contributed by atoms with Crippen molar-refractivity contribution in [3.63, 3.8) is 0 Å². The van der Waals surface area contributed by atoms with Crippen molar-refractivity contribution in [1.29, 1.82) is 0 Å². The van der Waals surface area contributed by atoms with Crippen LogP contribution < -0.4 is 5.73 Å². The van der Waals surface area contributed by atoms with Crippen LogP contribution in [0.25, 0.3) is 0 Å². The van der Waals surface area contributed by atoms with Crippen LogP contribution in [0.3, 0.4) is 0 Å². The van der Waals surface area contributed by atoms with Gasteiger partial charge in [0.25, 0.3) is 0 Å². The number of aryl methyl sites for hydroxylation is 2. The first kappa shape index (κ1) is 15.0. The molecule has 1 fully saturated rings. The van der Waals surface area contributed by atoms with Gasteiger partial charge in [-0.3, -0.25) is 4.68 Å². The zero-order valence-electron chi connectivity index (χ0n) is 11.9. The number of hydrogen-bond acceptors (Lipinski definition) is 3. The predicted octanol–water partition coefficient (Wildman–Crippen LogP) is 3.15. The fourth-order valence-corrected chi connectivity index (χ4v) is 3.10. The van der Waals surface area contributed by atoms with Gasteiger partial charge < -0.3 is 10.5 Å². The second-order valence-corrected chi connectivity index (χ2v) is 6.11. The molecule has 0 saturated heterocycles. The Morgan fingerprint density at radius 3 is 2.84 bits per heavy atom. The molecule has 1 aromatic rings. The van der Waals surface area contributed by atoms with Crippen molar-refractivity contribution in [1.82, 2.24) is 9.78 Å². The van der Waals surface area contributed by atoms with E-state index < -0.39 is 0 Å². The van der Waals surface area contributed by atoms with Gasteiger partial charge in [-0.2, -0.15) is 5.10 Å². The summed E-state index contributed by atoms with van der Waals surface area (Å²) in [5, 5.41) is 4.49. The topological polar surface area (TPSA) is 53.1 Å². The number of ether oxygens (including phenoxy) is 1. The van der Waals surface area contributed by atoms with Gasteiger partial charge in [-0.1, -0.05) is 19.3 Å². The molecule has 1 aromatic heterocycles. The van der Waals surface area contributed by atoms with Crippen LogP contribution in [0.5, 0.6) is 0 Å². The van der Waals surface area contributed by atoms with Crippen LogP contribution in [0.4, 0.5) is 0 Å². The third kappa shape index (κ3) is 3.58. The average Bonchev–Trinajstić information content (AvgIpc) is 2.56. The summed E-state index contributed by atoms with van der Waals surface area (Å²) >= 11 is 3.60. The molecular weight excluding hydrogens is 306 g/mol. The van der Waals surface area contributed by atoms with Gasteiger partial charge in [0, 0.05) is 12.6 Å². The molecule has 2 rings (SSSR count). The first-order valence-corrected chi connectivity index (χ1v) is 8.01. The lowest BCUT2D eigenvalue weighted by molar-refractivity contribution is 0.0158. The molecule has 1 aliphatic carbocycles. The minimum atomic E-state index is 0.181. The van der Waals surface area contributed by atoms with Crippen molar-refractivity contribution in [3.05, 3.63) is 15.9 Å². The highest BCUT2D eigenvalue weighted by atomic mass is 79.9. The molecule has 0 aromatic carbocycles. The van der Waals surface area contributed by atoms with Gasteiger partial charge in [0.15, 0.2) is 0 Å². The highest BCUT2D eigenvalue weighted by Crippen LogP contribution is 2.25. The molecule has 2 unspecified atom stereocenters. The molecular formula is C14H24BrN3O. The van der Waals surface area contributed by atoms with Crippen molar-refractivity contribution < 1.29 is 4.74 Å². The predicted molar refractivity (Wildman–Crippen MR) is 80.0 cm³/mol. The summed E-state index contributed by atoms with van der Waals surface area (Å²) in [7, 11) is 0. The number of hydrogen-bond donors (Lipinski definition) is 1. The second kappa shape index (κ2) is 6.86. The van der Waals surface area contributed by atoms with E-state index in [4.69, 9.17) is 10.5 Å². The van der Waals surface area contributed by atoms with Gasteiger partial charge in [0.05, 0.1) is 28.6 Å². The third-order valence-corrected chi connectivity index (χ3v) is 4.92. The van der Waals surface area contributed by atoms with Crippen LogP contribution in [0.15, 0.2) is 4.47 Å². The van der Waals surface area contributed by atoms with Crippen LogP contribution in [-0.4, -0.2) is 21.9 Å². The monoisotopic (exact) mass is 329 g/mol. The summed E-state index contributed by atoms with van der Waals surface area (Å²) in [6.45, 7) is 5.56. The molecule has 1 aliphatic rings. The van der Waals surface area contributed by atoms with Crippen LogP contribution >= 0.6 is 15.9 Å². The minimum absolute atomic E-state index is 0.181. The second-order valence-electron chi connectivity index (χ2n) is 5.31. The zero-order valence-corrected chi connectivity index (χ0v) is 13.4. The highest BCUT2D eigenvalue weighted by molar-refractivity contribution is 9.10. The Balaban J connectivity index is 2.01. The standard InChI is InChI=1S/C14H24BrN3O/c1-3-18-12(14(15)10(2)17-18)9-19-13-8-6-4-5-7-11(13)16/h11,13H,3-9,16H2,1-2H3. The summed E-state index contributed by atoms with van der Waals surface area (Å²) in [4.78, 5) is 0. The molecule has 2 atom stereocenters. The number of halogens is 1. The van der Waals surface area contributed by atoms with E-state index in [0.29, 0.717) is 6.61 Å². The molecule has 5 heteroatoms. The zero-order chi connectivity index (χ0) is 13.8. The molecule has 4 nitrogen and oxygen atoms in total. The molecule has 108 valence electrons. The summed E-state index contributed by atoms with van der Waals surface area (Å²) in [6, 6.07) is 0.181. The van der Waals surface area contributed by atoms with E-state index in [1.165, 1.54) is 19.3 Å². The smallest absolute Gasteiger partial charge is 0.0900 e. The maximum absolute atomic E-state index is 6.20. The highest BCUT2D eigenvalue weighted by Gasteiger charge is 2.22. The van der Waals surface area contributed by atoms with Crippen molar-refractivity contribution in [2.24, 2.45) is 5.73 Å². The molecule has 0 amide bonds.